The van der Waals surface area contributed by atoms with Gasteiger partial charge in [0.05, 0.1) is 13.0 Å². The Hall–Kier alpha value is -1.69. The number of hydrogen-bond acceptors (Lipinski definition) is 4. The summed E-state index contributed by atoms with van der Waals surface area (Å²) in [5, 5.41) is 18.3. The lowest BCUT2D eigenvalue weighted by molar-refractivity contribution is -0.139. The second-order valence-corrected chi connectivity index (χ2v) is 5.67. The standard InChI is InChI=1S/C16H24O6/c1-22-8-7-12(17)9-13(11-5-3-2-4-6-11)14(16(20)21)10-15(18)19/h11H,2-10H2,1H3,(H,18,19)(H,20,21). The molecule has 6 heteroatoms. The molecule has 0 spiro atoms. The molecule has 1 fully saturated rings. The number of rotatable bonds is 9. The number of aliphatic carboxylic acids is 2. The van der Waals surface area contributed by atoms with Gasteiger partial charge in [0.25, 0.3) is 0 Å². The van der Waals surface area contributed by atoms with Crippen molar-refractivity contribution in [2.24, 2.45) is 5.92 Å². The summed E-state index contributed by atoms with van der Waals surface area (Å²) < 4.78 is 4.86. The average molecular weight is 312 g/mol. The van der Waals surface area contributed by atoms with Gasteiger partial charge >= 0.3 is 11.9 Å². The molecule has 22 heavy (non-hydrogen) atoms. The van der Waals surface area contributed by atoms with E-state index in [9.17, 15) is 19.5 Å². The van der Waals surface area contributed by atoms with E-state index in [0.717, 1.165) is 32.1 Å². The molecule has 0 atom stereocenters. The average Bonchev–Trinajstić information content (AvgIpc) is 2.49. The van der Waals surface area contributed by atoms with Crippen LogP contribution in [-0.4, -0.2) is 41.7 Å². The molecule has 1 aliphatic rings. The smallest absolute Gasteiger partial charge is 0.332 e. The van der Waals surface area contributed by atoms with Crippen LogP contribution in [0.4, 0.5) is 0 Å². The molecule has 0 aromatic carbocycles. The van der Waals surface area contributed by atoms with Crippen molar-refractivity contribution < 1.29 is 29.3 Å². The Morgan fingerprint density at radius 2 is 1.68 bits per heavy atom. The number of carboxylic acids is 2. The summed E-state index contributed by atoms with van der Waals surface area (Å²) in [6.07, 6.45) is 4.41. The fourth-order valence-electron chi connectivity index (χ4n) is 2.94. The maximum atomic E-state index is 12.0. The molecule has 1 aliphatic carbocycles. The Labute approximate surface area is 130 Å². The first-order valence-corrected chi connectivity index (χ1v) is 7.63. The number of ketones is 1. The minimum Gasteiger partial charge on any atom is -0.481 e. The molecule has 1 saturated carbocycles. The molecular weight excluding hydrogens is 288 g/mol. The van der Waals surface area contributed by atoms with Gasteiger partial charge in [-0.2, -0.15) is 0 Å². The number of hydrogen-bond donors (Lipinski definition) is 2. The van der Waals surface area contributed by atoms with E-state index in [1.807, 2.05) is 0 Å². The van der Waals surface area contributed by atoms with Gasteiger partial charge in [-0.05, 0) is 24.3 Å². The van der Waals surface area contributed by atoms with E-state index in [2.05, 4.69) is 0 Å². The molecule has 0 aliphatic heterocycles. The van der Waals surface area contributed by atoms with Gasteiger partial charge in [0.15, 0.2) is 0 Å². The minimum atomic E-state index is -1.23. The van der Waals surface area contributed by atoms with E-state index in [-0.39, 0.29) is 36.7 Å². The third-order valence-corrected chi connectivity index (χ3v) is 4.04. The van der Waals surface area contributed by atoms with Gasteiger partial charge in [-0.1, -0.05) is 19.3 Å². The predicted octanol–water partition coefficient (Wildman–Crippen LogP) is 2.42. The van der Waals surface area contributed by atoms with E-state index in [0.29, 0.717) is 5.57 Å². The van der Waals surface area contributed by atoms with Crippen LogP contribution in [0.2, 0.25) is 0 Å². The zero-order valence-corrected chi connectivity index (χ0v) is 13.0. The first-order chi connectivity index (χ1) is 10.5. The minimum absolute atomic E-state index is 0.00527. The Bertz CT molecular complexity index is 446. The fraction of sp³-hybridized carbons (Fsp3) is 0.688. The molecule has 0 radical (unpaired) electrons. The second kappa shape index (κ2) is 9.35. The molecular formula is C16H24O6. The Morgan fingerprint density at radius 1 is 1.05 bits per heavy atom. The summed E-state index contributed by atoms with van der Waals surface area (Å²) in [5.41, 5.74) is 0.390. The highest BCUT2D eigenvalue weighted by atomic mass is 16.5. The van der Waals surface area contributed by atoms with Crippen molar-refractivity contribution in [3.63, 3.8) is 0 Å². The van der Waals surface area contributed by atoms with E-state index in [4.69, 9.17) is 9.84 Å². The summed E-state index contributed by atoms with van der Waals surface area (Å²) >= 11 is 0. The van der Waals surface area contributed by atoms with Crippen LogP contribution in [0.15, 0.2) is 11.1 Å². The summed E-state index contributed by atoms with van der Waals surface area (Å²) in [6.45, 7) is 0.290. The second-order valence-electron chi connectivity index (χ2n) is 5.67. The lowest BCUT2D eigenvalue weighted by Gasteiger charge is -2.26. The van der Waals surface area contributed by atoms with Crippen LogP contribution in [0.25, 0.3) is 0 Å². The van der Waals surface area contributed by atoms with Crippen molar-refractivity contribution in [2.75, 3.05) is 13.7 Å². The SMILES string of the molecule is COCCC(=O)CC(=C(CC(=O)O)C(=O)O)C1CCCCC1. The highest BCUT2D eigenvalue weighted by molar-refractivity contribution is 5.94. The zero-order valence-electron chi connectivity index (χ0n) is 13.0. The number of allylic oxidation sites excluding steroid dienone is 1. The van der Waals surface area contributed by atoms with Crippen molar-refractivity contribution in [2.45, 2.75) is 51.4 Å². The Balaban J connectivity index is 3.03. The summed E-state index contributed by atoms with van der Waals surface area (Å²) in [6, 6.07) is 0. The topological polar surface area (TPSA) is 101 Å². The van der Waals surface area contributed by atoms with Crippen molar-refractivity contribution in [3.8, 4) is 0 Å². The van der Waals surface area contributed by atoms with Crippen LogP contribution >= 0.6 is 0 Å². The third kappa shape index (κ3) is 5.97. The largest absolute Gasteiger partial charge is 0.481 e. The molecule has 6 nitrogen and oxygen atoms in total. The van der Waals surface area contributed by atoms with Crippen molar-refractivity contribution >= 4 is 17.7 Å². The van der Waals surface area contributed by atoms with E-state index in [1.165, 1.54) is 7.11 Å². The molecule has 0 amide bonds. The number of Topliss-reactive ketones (excluding diaryl/α,β-unsaturated/α-hetero) is 1. The third-order valence-electron chi connectivity index (χ3n) is 4.04. The highest BCUT2D eigenvalue weighted by Crippen LogP contribution is 2.34. The van der Waals surface area contributed by atoms with Crippen LogP contribution in [0.5, 0.6) is 0 Å². The number of carboxylic acid groups (broad SMARTS) is 2. The first kappa shape index (κ1) is 18.4. The lowest BCUT2D eigenvalue weighted by Crippen LogP contribution is -2.19. The van der Waals surface area contributed by atoms with E-state index >= 15 is 0 Å². The van der Waals surface area contributed by atoms with Crippen LogP contribution in [0, 0.1) is 5.92 Å². The maximum absolute atomic E-state index is 12.0. The Morgan fingerprint density at radius 3 is 2.18 bits per heavy atom. The normalized spacial score (nSPS) is 17.0. The highest BCUT2D eigenvalue weighted by Gasteiger charge is 2.27. The summed E-state index contributed by atoms with van der Waals surface area (Å²) in [5.74, 6) is -2.52. The predicted molar refractivity (Wildman–Crippen MR) is 79.6 cm³/mol. The van der Waals surface area contributed by atoms with Crippen LogP contribution < -0.4 is 0 Å². The molecule has 124 valence electrons. The molecule has 0 saturated heterocycles. The van der Waals surface area contributed by atoms with Crippen LogP contribution in [-0.2, 0) is 19.1 Å². The number of carbonyl (C=O) groups excluding carboxylic acids is 1. The van der Waals surface area contributed by atoms with Gasteiger partial charge < -0.3 is 14.9 Å². The number of carbonyl (C=O) groups is 3. The van der Waals surface area contributed by atoms with Gasteiger partial charge in [0.2, 0.25) is 0 Å². The van der Waals surface area contributed by atoms with Crippen LogP contribution in [0.1, 0.15) is 51.4 Å². The maximum Gasteiger partial charge on any atom is 0.332 e. The van der Waals surface area contributed by atoms with E-state index in [1.54, 1.807) is 0 Å². The molecule has 0 aromatic heterocycles. The van der Waals surface area contributed by atoms with Gasteiger partial charge in [0, 0.05) is 25.5 Å². The molecule has 1 rings (SSSR count). The Kier molecular flexibility index (Phi) is 7.80. The molecule has 0 unspecified atom stereocenters. The number of ether oxygens (including phenoxy) is 1. The van der Waals surface area contributed by atoms with Crippen molar-refractivity contribution in [3.05, 3.63) is 11.1 Å². The molecule has 0 heterocycles. The molecule has 0 bridgehead atoms. The van der Waals surface area contributed by atoms with Crippen molar-refractivity contribution in [1.29, 1.82) is 0 Å². The molecule has 2 N–H and O–H groups in total. The van der Waals surface area contributed by atoms with Gasteiger partial charge in [-0.15, -0.1) is 0 Å². The first-order valence-electron chi connectivity index (χ1n) is 7.63. The summed E-state index contributed by atoms with van der Waals surface area (Å²) in [4.78, 5) is 34.4. The quantitative estimate of drug-likeness (QED) is 0.634. The zero-order chi connectivity index (χ0) is 16.5. The van der Waals surface area contributed by atoms with Crippen LogP contribution in [0.3, 0.4) is 0 Å². The monoisotopic (exact) mass is 312 g/mol. The lowest BCUT2D eigenvalue weighted by atomic mass is 9.79. The van der Waals surface area contributed by atoms with Gasteiger partial charge in [-0.25, -0.2) is 4.79 Å². The summed E-state index contributed by atoms with van der Waals surface area (Å²) in [7, 11) is 1.50. The number of methoxy groups -OCH3 is 1. The van der Waals surface area contributed by atoms with Gasteiger partial charge in [0.1, 0.15) is 5.78 Å². The van der Waals surface area contributed by atoms with Crippen molar-refractivity contribution in [1.82, 2.24) is 0 Å². The van der Waals surface area contributed by atoms with E-state index < -0.39 is 18.4 Å². The van der Waals surface area contributed by atoms with Gasteiger partial charge in [-0.3, -0.25) is 9.59 Å². The fourth-order valence-corrected chi connectivity index (χ4v) is 2.94. The molecule has 0 aromatic rings.